The Bertz CT molecular complexity index is 614. The lowest BCUT2D eigenvalue weighted by atomic mass is 10.0. The van der Waals surface area contributed by atoms with Crippen molar-refractivity contribution in [1.29, 1.82) is 0 Å². The molecule has 0 saturated heterocycles. The number of nitrogens with one attached hydrogen (secondary N) is 1. The van der Waals surface area contributed by atoms with Gasteiger partial charge in [-0.2, -0.15) is 0 Å². The Morgan fingerprint density at radius 1 is 1.33 bits per heavy atom. The van der Waals surface area contributed by atoms with Gasteiger partial charge < -0.3 is 5.43 Å². The second-order valence-electron chi connectivity index (χ2n) is 4.28. The maximum Gasteiger partial charge on any atom is 0.150 e. The fourth-order valence-corrected chi connectivity index (χ4v) is 2.22. The Morgan fingerprint density at radius 3 is 2.56 bits per heavy atom. The van der Waals surface area contributed by atoms with E-state index in [4.69, 9.17) is 5.84 Å². The SMILES string of the molecule is CC(C)c1cc2c(F)c(Br)cc(F)c2nc1NN. The van der Waals surface area contributed by atoms with Gasteiger partial charge in [0.25, 0.3) is 0 Å². The van der Waals surface area contributed by atoms with Gasteiger partial charge in [-0.05, 0) is 39.5 Å². The van der Waals surface area contributed by atoms with E-state index >= 15 is 0 Å². The number of pyridine rings is 1. The van der Waals surface area contributed by atoms with E-state index in [-0.39, 0.29) is 21.3 Å². The molecule has 3 N–H and O–H groups in total. The number of hydrogen-bond acceptors (Lipinski definition) is 3. The van der Waals surface area contributed by atoms with Crippen LogP contribution in [0.25, 0.3) is 10.9 Å². The lowest BCUT2D eigenvalue weighted by molar-refractivity contribution is 0.609. The lowest BCUT2D eigenvalue weighted by Crippen LogP contribution is -2.12. The Hall–Kier alpha value is -1.27. The third-order valence-electron chi connectivity index (χ3n) is 2.74. The summed E-state index contributed by atoms with van der Waals surface area (Å²) in [4.78, 5) is 4.04. The molecule has 1 aromatic heterocycles. The number of nitrogens with two attached hydrogens (primary N) is 1. The van der Waals surface area contributed by atoms with Crippen molar-refractivity contribution in [3.63, 3.8) is 0 Å². The Labute approximate surface area is 111 Å². The molecule has 0 aliphatic rings. The molecule has 0 amide bonds. The highest BCUT2D eigenvalue weighted by molar-refractivity contribution is 9.10. The number of fused-ring (bicyclic) bond motifs is 1. The highest BCUT2D eigenvalue weighted by atomic mass is 79.9. The molecule has 0 saturated carbocycles. The first-order chi connectivity index (χ1) is 8.45. The minimum absolute atomic E-state index is 0.0342. The van der Waals surface area contributed by atoms with Crippen molar-refractivity contribution >= 4 is 32.7 Å². The van der Waals surface area contributed by atoms with Crippen LogP contribution in [0.15, 0.2) is 16.6 Å². The van der Waals surface area contributed by atoms with Crippen LogP contribution in [-0.4, -0.2) is 4.98 Å². The van der Waals surface area contributed by atoms with Gasteiger partial charge in [0.1, 0.15) is 17.2 Å². The molecule has 6 heteroatoms. The third-order valence-corrected chi connectivity index (χ3v) is 3.31. The van der Waals surface area contributed by atoms with Gasteiger partial charge in [-0.25, -0.2) is 19.6 Å². The predicted molar refractivity (Wildman–Crippen MR) is 71.3 cm³/mol. The summed E-state index contributed by atoms with van der Waals surface area (Å²) in [5.41, 5.74) is 3.12. The maximum atomic E-state index is 14.0. The van der Waals surface area contributed by atoms with Crippen LogP contribution in [0.2, 0.25) is 0 Å². The number of benzene rings is 1. The van der Waals surface area contributed by atoms with Crippen LogP contribution in [-0.2, 0) is 0 Å². The van der Waals surface area contributed by atoms with E-state index < -0.39 is 11.6 Å². The summed E-state index contributed by atoms with van der Waals surface area (Å²) in [5, 5.41) is 0.143. The van der Waals surface area contributed by atoms with Crippen LogP contribution in [0.4, 0.5) is 14.6 Å². The Morgan fingerprint density at radius 2 is 2.00 bits per heavy atom. The minimum Gasteiger partial charge on any atom is -0.308 e. The molecule has 0 atom stereocenters. The molecule has 1 heterocycles. The molecule has 96 valence electrons. The first kappa shape index (κ1) is 13.2. The first-order valence-corrected chi connectivity index (χ1v) is 6.19. The summed E-state index contributed by atoms with van der Waals surface area (Å²) in [6.45, 7) is 3.85. The van der Waals surface area contributed by atoms with Crippen LogP contribution in [0, 0.1) is 11.6 Å². The van der Waals surface area contributed by atoms with Crippen LogP contribution in [0.3, 0.4) is 0 Å². The zero-order chi connectivity index (χ0) is 13.4. The van der Waals surface area contributed by atoms with Gasteiger partial charge in [-0.15, -0.1) is 0 Å². The summed E-state index contributed by atoms with van der Waals surface area (Å²) in [7, 11) is 0. The summed E-state index contributed by atoms with van der Waals surface area (Å²) < 4.78 is 27.8. The van der Waals surface area contributed by atoms with Gasteiger partial charge in [-0.3, -0.25) is 0 Å². The van der Waals surface area contributed by atoms with Crippen molar-refractivity contribution in [1.82, 2.24) is 4.98 Å². The zero-order valence-corrected chi connectivity index (χ0v) is 11.5. The molecule has 18 heavy (non-hydrogen) atoms. The van der Waals surface area contributed by atoms with Crippen LogP contribution in [0.1, 0.15) is 25.3 Å². The van der Waals surface area contributed by atoms with Crippen LogP contribution < -0.4 is 11.3 Å². The van der Waals surface area contributed by atoms with Gasteiger partial charge in [0.15, 0.2) is 5.82 Å². The molecule has 0 aliphatic carbocycles. The van der Waals surface area contributed by atoms with E-state index in [1.807, 2.05) is 13.8 Å². The van der Waals surface area contributed by atoms with Crippen LogP contribution >= 0.6 is 15.9 Å². The molecule has 0 radical (unpaired) electrons. The van der Waals surface area contributed by atoms with Crippen molar-refractivity contribution in [3.8, 4) is 0 Å². The fraction of sp³-hybridized carbons (Fsp3) is 0.250. The fourth-order valence-electron chi connectivity index (χ4n) is 1.81. The Balaban J connectivity index is 2.87. The molecule has 0 fully saturated rings. The topological polar surface area (TPSA) is 50.9 Å². The van der Waals surface area contributed by atoms with E-state index in [1.54, 1.807) is 6.07 Å². The predicted octanol–water partition coefficient (Wildman–Crippen LogP) is 3.68. The van der Waals surface area contributed by atoms with Gasteiger partial charge >= 0.3 is 0 Å². The van der Waals surface area contributed by atoms with Gasteiger partial charge in [0.05, 0.1) is 4.47 Å². The number of rotatable bonds is 2. The third kappa shape index (κ3) is 2.06. The van der Waals surface area contributed by atoms with E-state index in [0.29, 0.717) is 5.82 Å². The number of aromatic nitrogens is 1. The minimum atomic E-state index is -0.593. The quantitative estimate of drug-likeness (QED) is 0.505. The van der Waals surface area contributed by atoms with Gasteiger partial charge in [-0.1, -0.05) is 13.8 Å². The van der Waals surface area contributed by atoms with Crippen molar-refractivity contribution in [3.05, 3.63) is 33.8 Å². The average Bonchev–Trinajstić information content (AvgIpc) is 2.34. The molecule has 0 unspecified atom stereocenters. The number of hydrazine groups is 1. The van der Waals surface area contributed by atoms with Crippen molar-refractivity contribution in [2.45, 2.75) is 19.8 Å². The largest absolute Gasteiger partial charge is 0.308 e. The average molecular weight is 316 g/mol. The van der Waals surface area contributed by atoms with Crippen molar-refractivity contribution in [2.24, 2.45) is 5.84 Å². The smallest absolute Gasteiger partial charge is 0.150 e. The number of nitrogens with zero attached hydrogens (tertiary/aromatic N) is 1. The number of anilines is 1. The molecule has 2 rings (SSSR count). The Kier molecular flexibility index (Phi) is 3.49. The molecular formula is C12H12BrF2N3. The van der Waals surface area contributed by atoms with Crippen molar-refractivity contribution in [2.75, 3.05) is 5.43 Å². The summed E-state index contributed by atoms with van der Waals surface area (Å²) in [6, 6.07) is 2.63. The monoisotopic (exact) mass is 315 g/mol. The maximum absolute atomic E-state index is 14.0. The van der Waals surface area contributed by atoms with Crippen LogP contribution in [0.5, 0.6) is 0 Å². The molecule has 0 bridgehead atoms. The first-order valence-electron chi connectivity index (χ1n) is 5.40. The second-order valence-corrected chi connectivity index (χ2v) is 5.13. The highest BCUT2D eigenvalue weighted by Crippen LogP contribution is 2.32. The molecule has 1 aromatic carbocycles. The summed E-state index contributed by atoms with van der Waals surface area (Å²) in [6.07, 6.45) is 0. The molecule has 3 nitrogen and oxygen atoms in total. The van der Waals surface area contributed by atoms with E-state index in [0.717, 1.165) is 11.6 Å². The van der Waals surface area contributed by atoms with E-state index in [1.165, 1.54) is 0 Å². The number of nitrogen functional groups attached to an aromatic ring is 1. The number of halogens is 3. The normalized spacial score (nSPS) is 11.3. The molecule has 2 aromatic rings. The molecular weight excluding hydrogens is 304 g/mol. The van der Waals surface area contributed by atoms with E-state index in [9.17, 15) is 8.78 Å². The van der Waals surface area contributed by atoms with Gasteiger partial charge in [0.2, 0.25) is 0 Å². The zero-order valence-electron chi connectivity index (χ0n) is 9.89. The van der Waals surface area contributed by atoms with Crippen molar-refractivity contribution < 1.29 is 8.78 Å². The van der Waals surface area contributed by atoms with E-state index in [2.05, 4.69) is 26.3 Å². The molecule has 0 aliphatic heterocycles. The highest BCUT2D eigenvalue weighted by Gasteiger charge is 2.16. The number of hydrogen-bond donors (Lipinski definition) is 2. The summed E-state index contributed by atoms with van der Waals surface area (Å²) in [5.74, 6) is 4.69. The second kappa shape index (κ2) is 4.78. The van der Waals surface area contributed by atoms with Gasteiger partial charge in [0, 0.05) is 5.39 Å². The molecule has 0 spiro atoms. The standard InChI is InChI=1S/C12H12BrF2N3/c1-5(2)6-3-7-10(15)8(13)4-9(14)11(7)17-12(6)18-16/h3-5H,16H2,1-2H3,(H,17,18). The lowest BCUT2D eigenvalue weighted by Gasteiger charge is -2.13. The summed E-state index contributed by atoms with van der Waals surface area (Å²) >= 11 is 2.98.